The van der Waals surface area contributed by atoms with E-state index in [1.165, 1.54) is 4.90 Å². The topological polar surface area (TPSA) is 67.6 Å². The van der Waals surface area contributed by atoms with E-state index in [0.717, 1.165) is 5.56 Å². The fraction of sp³-hybridized carbons (Fsp3) is 0.333. The minimum Gasteiger partial charge on any atom is -0.324 e. The predicted molar refractivity (Wildman–Crippen MR) is 70.7 cm³/mol. The molecule has 0 aliphatic carbocycles. The van der Waals surface area contributed by atoms with E-state index in [9.17, 15) is 0 Å². The molecule has 0 amide bonds. The van der Waals surface area contributed by atoms with Gasteiger partial charge in [0.1, 0.15) is 5.82 Å². The molecule has 0 spiro atoms. The molecule has 4 nitrogen and oxygen atoms in total. The standard InChI is InChI=1S/C12H16N4S/c1-8(2)17-10-5-3-9(4-6-10)12-14-11(7-13)15-16-12/h3-6,8H,7,13H2,1-2H3,(H,14,15,16). The highest BCUT2D eigenvalue weighted by Gasteiger charge is 2.05. The lowest BCUT2D eigenvalue weighted by molar-refractivity contribution is 0.917. The van der Waals surface area contributed by atoms with Gasteiger partial charge < -0.3 is 5.73 Å². The Labute approximate surface area is 105 Å². The van der Waals surface area contributed by atoms with Crippen LogP contribution in [0.4, 0.5) is 0 Å². The van der Waals surface area contributed by atoms with E-state index < -0.39 is 0 Å². The van der Waals surface area contributed by atoms with Crippen LogP contribution in [-0.2, 0) is 6.54 Å². The molecule has 3 N–H and O–H groups in total. The summed E-state index contributed by atoms with van der Waals surface area (Å²) < 4.78 is 0. The zero-order valence-electron chi connectivity index (χ0n) is 9.97. The molecule has 1 heterocycles. The van der Waals surface area contributed by atoms with Crippen LogP contribution in [0.15, 0.2) is 29.2 Å². The highest BCUT2D eigenvalue weighted by atomic mass is 32.2. The smallest absolute Gasteiger partial charge is 0.181 e. The van der Waals surface area contributed by atoms with Gasteiger partial charge in [-0.1, -0.05) is 26.0 Å². The second kappa shape index (κ2) is 5.33. The van der Waals surface area contributed by atoms with Crippen molar-refractivity contribution in [3.63, 3.8) is 0 Å². The SMILES string of the molecule is CC(C)Sc1ccc(-c2n[nH]c(CN)n2)cc1. The van der Waals surface area contributed by atoms with Crippen molar-refractivity contribution in [3.05, 3.63) is 30.1 Å². The molecule has 0 unspecified atom stereocenters. The molecule has 2 rings (SSSR count). The van der Waals surface area contributed by atoms with Crippen molar-refractivity contribution >= 4 is 11.8 Å². The minimum absolute atomic E-state index is 0.383. The van der Waals surface area contributed by atoms with Gasteiger partial charge in [-0.15, -0.1) is 11.8 Å². The quantitative estimate of drug-likeness (QED) is 0.815. The Hall–Kier alpha value is -1.33. The Morgan fingerprint density at radius 1 is 1.29 bits per heavy atom. The molecule has 90 valence electrons. The summed E-state index contributed by atoms with van der Waals surface area (Å²) in [7, 11) is 0. The number of hydrogen-bond donors (Lipinski definition) is 2. The molecule has 2 aromatic rings. The Kier molecular flexibility index (Phi) is 3.81. The van der Waals surface area contributed by atoms with Gasteiger partial charge in [0.2, 0.25) is 0 Å². The first-order valence-electron chi connectivity index (χ1n) is 5.57. The molecule has 0 fully saturated rings. The third-order valence-corrected chi connectivity index (χ3v) is 3.23. The maximum Gasteiger partial charge on any atom is 0.181 e. The highest BCUT2D eigenvalue weighted by Crippen LogP contribution is 2.25. The van der Waals surface area contributed by atoms with Crippen LogP contribution in [0.2, 0.25) is 0 Å². The van der Waals surface area contributed by atoms with Crippen LogP contribution in [-0.4, -0.2) is 20.4 Å². The number of thioether (sulfide) groups is 1. The van der Waals surface area contributed by atoms with E-state index in [1.807, 2.05) is 23.9 Å². The lowest BCUT2D eigenvalue weighted by atomic mass is 10.2. The second-order valence-electron chi connectivity index (χ2n) is 4.00. The summed E-state index contributed by atoms with van der Waals surface area (Å²) >= 11 is 1.84. The van der Waals surface area contributed by atoms with E-state index in [4.69, 9.17) is 5.73 Å². The molecule has 17 heavy (non-hydrogen) atoms. The highest BCUT2D eigenvalue weighted by molar-refractivity contribution is 7.99. The summed E-state index contributed by atoms with van der Waals surface area (Å²) in [6.45, 7) is 4.75. The molecule has 0 aliphatic heterocycles. The first-order valence-corrected chi connectivity index (χ1v) is 6.45. The van der Waals surface area contributed by atoms with Gasteiger partial charge in [-0.05, 0) is 12.1 Å². The van der Waals surface area contributed by atoms with Crippen molar-refractivity contribution in [1.29, 1.82) is 0 Å². The maximum absolute atomic E-state index is 5.48. The zero-order valence-corrected chi connectivity index (χ0v) is 10.8. The summed E-state index contributed by atoms with van der Waals surface area (Å²) in [6, 6.07) is 8.26. The lowest BCUT2D eigenvalue weighted by Gasteiger charge is -2.04. The average Bonchev–Trinajstić information content (AvgIpc) is 2.78. The van der Waals surface area contributed by atoms with Crippen LogP contribution in [0.1, 0.15) is 19.7 Å². The first-order chi connectivity index (χ1) is 8.19. The second-order valence-corrected chi connectivity index (χ2v) is 5.65. The van der Waals surface area contributed by atoms with Gasteiger partial charge in [0.05, 0.1) is 6.54 Å². The first kappa shape index (κ1) is 12.1. The third kappa shape index (κ3) is 3.08. The van der Waals surface area contributed by atoms with Crippen LogP contribution >= 0.6 is 11.8 Å². The molecule has 0 radical (unpaired) electrons. The van der Waals surface area contributed by atoms with Gasteiger partial charge in [-0.25, -0.2) is 4.98 Å². The molecule has 1 aromatic heterocycles. The molecule has 0 saturated carbocycles. The van der Waals surface area contributed by atoms with Crippen LogP contribution < -0.4 is 5.73 Å². The van der Waals surface area contributed by atoms with Crippen LogP contribution in [0.25, 0.3) is 11.4 Å². The summed E-state index contributed by atoms with van der Waals surface area (Å²) in [5.41, 5.74) is 6.49. The number of H-pyrrole nitrogens is 1. The fourth-order valence-electron chi connectivity index (χ4n) is 1.47. The van der Waals surface area contributed by atoms with Crippen LogP contribution in [0, 0.1) is 0 Å². The Bertz CT molecular complexity index is 476. The average molecular weight is 248 g/mol. The Morgan fingerprint density at radius 2 is 2.00 bits per heavy atom. The predicted octanol–water partition coefficient (Wildman–Crippen LogP) is 2.43. The third-order valence-electron chi connectivity index (χ3n) is 2.21. The van der Waals surface area contributed by atoms with E-state index >= 15 is 0 Å². The van der Waals surface area contributed by atoms with Crippen molar-refractivity contribution in [1.82, 2.24) is 15.2 Å². The molecule has 0 saturated heterocycles. The maximum atomic E-state index is 5.48. The number of aromatic nitrogens is 3. The van der Waals surface area contributed by atoms with E-state index in [1.54, 1.807) is 0 Å². The molecule has 1 aromatic carbocycles. The molecular weight excluding hydrogens is 232 g/mol. The molecule has 0 aliphatic rings. The number of nitrogens with zero attached hydrogens (tertiary/aromatic N) is 2. The number of hydrogen-bond acceptors (Lipinski definition) is 4. The number of nitrogens with two attached hydrogens (primary N) is 1. The Morgan fingerprint density at radius 3 is 2.53 bits per heavy atom. The van der Waals surface area contributed by atoms with E-state index in [2.05, 4.69) is 41.2 Å². The molecule has 5 heteroatoms. The zero-order chi connectivity index (χ0) is 12.3. The van der Waals surface area contributed by atoms with Crippen LogP contribution in [0.3, 0.4) is 0 Å². The van der Waals surface area contributed by atoms with Crippen molar-refractivity contribution < 1.29 is 0 Å². The summed E-state index contributed by atoms with van der Waals surface area (Å²) in [4.78, 5) is 5.55. The van der Waals surface area contributed by atoms with Crippen molar-refractivity contribution in [3.8, 4) is 11.4 Å². The lowest BCUT2D eigenvalue weighted by Crippen LogP contribution is -1.97. The Balaban J connectivity index is 2.17. The molecular formula is C12H16N4S. The number of nitrogens with one attached hydrogen (secondary N) is 1. The monoisotopic (exact) mass is 248 g/mol. The molecule has 0 atom stereocenters. The van der Waals surface area contributed by atoms with Gasteiger partial charge in [-0.2, -0.15) is 5.10 Å². The number of benzene rings is 1. The summed E-state index contributed by atoms with van der Waals surface area (Å²) in [5, 5.41) is 7.53. The van der Waals surface area contributed by atoms with Crippen LogP contribution in [0.5, 0.6) is 0 Å². The van der Waals surface area contributed by atoms with Gasteiger partial charge in [0, 0.05) is 15.7 Å². The van der Waals surface area contributed by atoms with Crippen molar-refractivity contribution in [2.75, 3.05) is 0 Å². The van der Waals surface area contributed by atoms with Gasteiger partial charge in [0.15, 0.2) is 5.82 Å². The minimum atomic E-state index is 0.383. The summed E-state index contributed by atoms with van der Waals surface area (Å²) in [6.07, 6.45) is 0. The van der Waals surface area contributed by atoms with Crippen molar-refractivity contribution in [2.24, 2.45) is 5.73 Å². The normalized spacial score (nSPS) is 11.1. The molecule has 0 bridgehead atoms. The largest absolute Gasteiger partial charge is 0.324 e. The van der Waals surface area contributed by atoms with Crippen molar-refractivity contribution in [2.45, 2.75) is 30.5 Å². The van der Waals surface area contributed by atoms with Gasteiger partial charge >= 0.3 is 0 Å². The summed E-state index contributed by atoms with van der Waals surface area (Å²) in [5.74, 6) is 1.41. The number of aromatic amines is 1. The fourth-order valence-corrected chi connectivity index (χ4v) is 2.31. The van der Waals surface area contributed by atoms with Gasteiger partial charge in [0.25, 0.3) is 0 Å². The van der Waals surface area contributed by atoms with E-state index in [-0.39, 0.29) is 0 Å². The van der Waals surface area contributed by atoms with E-state index in [0.29, 0.717) is 23.4 Å². The van der Waals surface area contributed by atoms with Gasteiger partial charge in [-0.3, -0.25) is 5.10 Å². The number of rotatable bonds is 4.